The van der Waals surface area contributed by atoms with Gasteiger partial charge in [0, 0.05) is 62.6 Å². The third-order valence-corrected chi connectivity index (χ3v) is 8.66. The number of fused-ring (bicyclic) bond motifs is 2. The minimum absolute atomic E-state index is 0.274. The van der Waals surface area contributed by atoms with E-state index < -0.39 is 16.4 Å². The fourth-order valence-electron chi connectivity index (χ4n) is 5.28. The van der Waals surface area contributed by atoms with Gasteiger partial charge in [-0.25, -0.2) is 32.2 Å². The van der Waals surface area contributed by atoms with Crippen LogP contribution in [0.4, 0.5) is 26.2 Å². The molecule has 9 nitrogen and oxygen atoms in total. The number of pyridine rings is 1. The highest BCUT2D eigenvalue weighted by Gasteiger charge is 2.32. The lowest BCUT2D eigenvalue weighted by Gasteiger charge is -2.35. The third-order valence-electron chi connectivity index (χ3n) is 7.41. The Hall–Kier alpha value is -2.96. The summed E-state index contributed by atoms with van der Waals surface area (Å²) in [5, 5.41) is 3.81. The average molecular weight is 530 g/mol. The first kappa shape index (κ1) is 24.4. The summed E-state index contributed by atoms with van der Waals surface area (Å²) in [5.74, 6) is 0.809. The predicted molar refractivity (Wildman–Crippen MR) is 138 cm³/mol. The van der Waals surface area contributed by atoms with Crippen LogP contribution in [0.1, 0.15) is 36.1 Å². The molecule has 196 valence electrons. The van der Waals surface area contributed by atoms with Crippen molar-refractivity contribution in [1.29, 1.82) is 0 Å². The molecule has 1 saturated heterocycles. The van der Waals surface area contributed by atoms with Crippen molar-refractivity contribution in [2.75, 3.05) is 49.2 Å². The number of hydrogen-bond donors (Lipinski definition) is 1. The molecular formula is C25H29F2N7O2S. The van der Waals surface area contributed by atoms with Gasteiger partial charge in [0.15, 0.2) is 5.82 Å². The van der Waals surface area contributed by atoms with Gasteiger partial charge in [-0.05, 0) is 42.5 Å². The number of piperazine rings is 1. The number of aromatic nitrogens is 3. The van der Waals surface area contributed by atoms with Gasteiger partial charge in [-0.15, -0.1) is 0 Å². The molecule has 0 atom stereocenters. The number of alkyl halides is 2. The second kappa shape index (κ2) is 9.41. The van der Waals surface area contributed by atoms with Crippen LogP contribution in [-0.2, 0) is 23.0 Å². The quantitative estimate of drug-likeness (QED) is 0.520. The Labute approximate surface area is 214 Å². The van der Waals surface area contributed by atoms with Gasteiger partial charge < -0.3 is 10.2 Å². The van der Waals surface area contributed by atoms with Crippen molar-refractivity contribution in [2.45, 2.75) is 38.3 Å². The molecule has 2 fully saturated rings. The van der Waals surface area contributed by atoms with Crippen LogP contribution < -0.4 is 10.2 Å². The van der Waals surface area contributed by atoms with E-state index in [2.05, 4.69) is 20.2 Å². The maximum Gasteiger partial charge on any atom is 0.280 e. The minimum Gasteiger partial charge on any atom is -0.352 e. The Balaban J connectivity index is 1.31. The van der Waals surface area contributed by atoms with E-state index in [4.69, 9.17) is 4.98 Å². The van der Waals surface area contributed by atoms with Crippen molar-refractivity contribution in [1.82, 2.24) is 24.2 Å². The lowest BCUT2D eigenvalue weighted by Crippen LogP contribution is -2.47. The molecule has 1 N–H and O–H groups in total. The number of hydrogen-bond acceptors (Lipinski definition) is 8. The van der Waals surface area contributed by atoms with Crippen LogP contribution in [0, 0.1) is 0 Å². The Morgan fingerprint density at radius 2 is 1.86 bits per heavy atom. The second-order valence-electron chi connectivity index (χ2n) is 9.97. The van der Waals surface area contributed by atoms with Gasteiger partial charge in [-0.2, -0.15) is 4.31 Å². The number of halogens is 2. The zero-order chi connectivity index (χ0) is 25.7. The summed E-state index contributed by atoms with van der Waals surface area (Å²) in [5.41, 5.74) is 3.02. The highest BCUT2D eigenvalue weighted by Crippen LogP contribution is 2.33. The van der Waals surface area contributed by atoms with Crippen LogP contribution >= 0.6 is 0 Å². The van der Waals surface area contributed by atoms with Gasteiger partial charge >= 0.3 is 0 Å². The van der Waals surface area contributed by atoms with E-state index in [9.17, 15) is 17.2 Å². The average Bonchev–Trinajstić information content (AvgIpc) is 3.73. The molecular weight excluding hydrogens is 500 g/mol. The van der Waals surface area contributed by atoms with Crippen molar-refractivity contribution in [3.63, 3.8) is 0 Å². The van der Waals surface area contributed by atoms with E-state index in [0.29, 0.717) is 61.3 Å². The molecule has 37 heavy (non-hydrogen) atoms. The van der Waals surface area contributed by atoms with Gasteiger partial charge in [0.05, 0.1) is 6.26 Å². The van der Waals surface area contributed by atoms with Crippen LogP contribution in [-0.4, -0.2) is 77.6 Å². The van der Waals surface area contributed by atoms with Crippen LogP contribution in [0.2, 0.25) is 0 Å². The molecule has 1 aliphatic carbocycles. The van der Waals surface area contributed by atoms with Crippen LogP contribution in [0.5, 0.6) is 0 Å². The summed E-state index contributed by atoms with van der Waals surface area (Å²) in [4.78, 5) is 18.0. The van der Waals surface area contributed by atoms with Crippen molar-refractivity contribution in [3.8, 4) is 0 Å². The molecule has 6 rings (SSSR count). The van der Waals surface area contributed by atoms with Crippen molar-refractivity contribution >= 4 is 38.4 Å². The standard InChI is InChI=1S/C25H29F2N7O2S/c1-37(35,36)34-8-7-19-16(15-34)3-2-4-20(19)30-25-28-14-17-13-21(23(26)27)29-24(22(17)31-25)33-11-9-32(10-12-33)18-5-6-18/h2-4,13-14,18,23H,5-12,15H2,1H3,(H,28,30,31). The molecule has 12 heteroatoms. The number of benzene rings is 1. The summed E-state index contributed by atoms with van der Waals surface area (Å²) >= 11 is 0. The molecule has 1 aromatic carbocycles. The first-order valence-corrected chi connectivity index (χ1v) is 14.4. The van der Waals surface area contributed by atoms with Crippen molar-refractivity contribution in [3.05, 3.63) is 47.3 Å². The van der Waals surface area contributed by atoms with Gasteiger partial charge in [0.25, 0.3) is 6.43 Å². The SMILES string of the molecule is CS(=O)(=O)N1CCc2c(cccc2Nc2ncc3cc(C(F)F)nc(N4CCN(C5CC5)CC4)c3n2)C1. The molecule has 0 amide bonds. The summed E-state index contributed by atoms with van der Waals surface area (Å²) in [7, 11) is -3.27. The van der Waals surface area contributed by atoms with Crippen molar-refractivity contribution in [2.24, 2.45) is 0 Å². The Morgan fingerprint density at radius 1 is 1.08 bits per heavy atom. The topological polar surface area (TPSA) is 94.6 Å². The fraction of sp³-hybridized carbons (Fsp3) is 0.480. The van der Waals surface area contributed by atoms with E-state index in [1.807, 2.05) is 23.1 Å². The molecule has 3 aliphatic rings. The first-order chi connectivity index (χ1) is 17.8. The molecule has 0 bridgehead atoms. The van der Waals surface area contributed by atoms with Gasteiger partial charge in [0.1, 0.15) is 11.2 Å². The zero-order valence-corrected chi connectivity index (χ0v) is 21.4. The summed E-state index contributed by atoms with van der Waals surface area (Å²) in [6.45, 7) is 3.90. The molecule has 0 radical (unpaired) electrons. The number of anilines is 3. The Bertz CT molecular complexity index is 1440. The summed E-state index contributed by atoms with van der Waals surface area (Å²) in [6, 6.07) is 7.73. The van der Waals surface area contributed by atoms with Gasteiger partial charge in [0.2, 0.25) is 16.0 Å². The van der Waals surface area contributed by atoms with Crippen molar-refractivity contribution < 1.29 is 17.2 Å². The highest BCUT2D eigenvalue weighted by atomic mass is 32.2. The Morgan fingerprint density at radius 3 is 2.57 bits per heavy atom. The number of rotatable bonds is 6. The van der Waals surface area contributed by atoms with Crippen LogP contribution in [0.25, 0.3) is 10.9 Å². The van der Waals surface area contributed by atoms with Gasteiger partial charge in [-0.1, -0.05) is 12.1 Å². The molecule has 4 heterocycles. The molecule has 3 aromatic rings. The molecule has 2 aliphatic heterocycles. The lowest BCUT2D eigenvalue weighted by molar-refractivity contribution is 0.146. The monoisotopic (exact) mass is 529 g/mol. The number of nitrogens with zero attached hydrogens (tertiary/aromatic N) is 6. The molecule has 0 spiro atoms. The minimum atomic E-state index is -3.27. The maximum atomic E-state index is 13.7. The fourth-order valence-corrected chi connectivity index (χ4v) is 6.07. The van der Waals surface area contributed by atoms with E-state index in [1.165, 1.54) is 29.5 Å². The summed E-state index contributed by atoms with van der Waals surface area (Å²) in [6.07, 6.45) is 3.13. The van der Waals surface area contributed by atoms with Crippen LogP contribution in [0.3, 0.4) is 0 Å². The third kappa shape index (κ3) is 4.97. The largest absolute Gasteiger partial charge is 0.352 e. The van der Waals surface area contributed by atoms with Gasteiger partial charge in [-0.3, -0.25) is 4.90 Å². The Kier molecular flexibility index (Phi) is 6.20. The summed E-state index contributed by atoms with van der Waals surface area (Å²) < 4.78 is 52.8. The highest BCUT2D eigenvalue weighted by molar-refractivity contribution is 7.88. The molecule has 1 saturated carbocycles. The maximum absolute atomic E-state index is 13.7. The molecule has 0 unspecified atom stereocenters. The van der Waals surface area contributed by atoms with E-state index in [-0.39, 0.29) is 5.69 Å². The molecule has 2 aromatic heterocycles. The first-order valence-electron chi connectivity index (χ1n) is 12.5. The normalized spacial score (nSPS) is 19.4. The lowest BCUT2D eigenvalue weighted by atomic mass is 9.99. The van der Waals surface area contributed by atoms with E-state index in [0.717, 1.165) is 29.9 Å². The number of nitrogens with one attached hydrogen (secondary N) is 1. The number of sulfonamides is 1. The smallest absolute Gasteiger partial charge is 0.280 e. The zero-order valence-electron chi connectivity index (χ0n) is 20.6. The predicted octanol–water partition coefficient (Wildman–Crippen LogP) is 3.31. The van der Waals surface area contributed by atoms with E-state index in [1.54, 1.807) is 6.20 Å². The van der Waals surface area contributed by atoms with Crippen LogP contribution in [0.15, 0.2) is 30.5 Å². The van der Waals surface area contributed by atoms with E-state index >= 15 is 0 Å². The second-order valence-corrected chi connectivity index (χ2v) is 12.0.